The zero-order valence-electron chi connectivity index (χ0n) is 14.8. The van der Waals surface area contributed by atoms with Crippen molar-refractivity contribution >= 4 is 5.91 Å². The smallest absolute Gasteiger partial charge is 0.276 e. The van der Waals surface area contributed by atoms with Gasteiger partial charge in [-0.1, -0.05) is 31.1 Å². The lowest BCUT2D eigenvalue weighted by Gasteiger charge is -2.32. The van der Waals surface area contributed by atoms with E-state index in [1.165, 1.54) is 0 Å². The molecule has 0 bridgehead atoms. The van der Waals surface area contributed by atoms with Crippen molar-refractivity contribution in [1.82, 2.24) is 25.1 Å². The number of likely N-dealkylation sites (tertiary alicyclic amines) is 1. The molecule has 1 aliphatic heterocycles. The highest BCUT2D eigenvalue weighted by Gasteiger charge is 2.27. The average molecular weight is 331 g/mol. The Labute approximate surface area is 142 Å². The number of hydrogen-bond donors (Lipinski definition) is 0. The quantitative estimate of drug-likeness (QED) is 0.863. The number of piperidine rings is 1. The number of amides is 1. The highest BCUT2D eigenvalue weighted by molar-refractivity contribution is 5.92. The predicted molar refractivity (Wildman–Crippen MR) is 88.6 cm³/mol. The summed E-state index contributed by atoms with van der Waals surface area (Å²) in [6.45, 7) is 10.4. The number of carbonyl (C=O) groups excluding carboxylic acids is 1. The molecule has 2 aromatic heterocycles. The molecule has 0 spiro atoms. The zero-order chi connectivity index (χ0) is 17.3. The van der Waals surface area contributed by atoms with E-state index in [1.54, 1.807) is 13.0 Å². The Morgan fingerprint density at radius 2 is 2.21 bits per heavy atom. The Morgan fingerprint density at radius 3 is 2.83 bits per heavy atom. The van der Waals surface area contributed by atoms with E-state index in [2.05, 4.69) is 36.2 Å². The van der Waals surface area contributed by atoms with Crippen molar-refractivity contribution in [3.8, 4) is 0 Å². The first-order valence-corrected chi connectivity index (χ1v) is 8.46. The summed E-state index contributed by atoms with van der Waals surface area (Å²) >= 11 is 0. The summed E-state index contributed by atoms with van der Waals surface area (Å²) in [6.07, 6.45) is 4.10. The minimum atomic E-state index is -0.0504. The second-order valence-corrected chi connectivity index (χ2v) is 7.66. The van der Waals surface area contributed by atoms with E-state index in [4.69, 9.17) is 4.52 Å². The maximum absolute atomic E-state index is 12.5. The Balaban J connectivity index is 1.63. The van der Waals surface area contributed by atoms with Crippen LogP contribution >= 0.6 is 0 Å². The summed E-state index contributed by atoms with van der Waals surface area (Å²) in [5.41, 5.74) is 1.38. The lowest BCUT2D eigenvalue weighted by atomic mass is 9.93. The molecule has 130 valence electrons. The van der Waals surface area contributed by atoms with Crippen molar-refractivity contribution in [2.75, 3.05) is 13.1 Å². The summed E-state index contributed by atoms with van der Waals surface area (Å²) in [5.74, 6) is 0.986. The maximum atomic E-state index is 12.5. The molecular formula is C17H25N5O2. The topological polar surface area (TPSA) is 77.1 Å². The molecule has 7 heteroatoms. The summed E-state index contributed by atoms with van der Waals surface area (Å²) in [4.78, 5) is 14.4. The molecule has 1 unspecified atom stereocenters. The Hall–Kier alpha value is -2.18. The Kier molecular flexibility index (Phi) is 4.43. The fraction of sp³-hybridized carbons (Fsp3) is 0.647. The molecule has 0 radical (unpaired) electrons. The van der Waals surface area contributed by atoms with Gasteiger partial charge in [-0.15, -0.1) is 5.10 Å². The predicted octanol–water partition coefficient (Wildman–Crippen LogP) is 2.42. The molecule has 7 nitrogen and oxygen atoms in total. The minimum Gasteiger partial charge on any atom is -0.361 e. The fourth-order valence-corrected chi connectivity index (χ4v) is 3.02. The van der Waals surface area contributed by atoms with Gasteiger partial charge >= 0.3 is 0 Å². The number of aromatic nitrogens is 4. The van der Waals surface area contributed by atoms with E-state index >= 15 is 0 Å². The Morgan fingerprint density at radius 1 is 1.42 bits per heavy atom. The van der Waals surface area contributed by atoms with Crippen LogP contribution < -0.4 is 0 Å². The first-order chi connectivity index (χ1) is 11.3. The fourth-order valence-electron chi connectivity index (χ4n) is 3.02. The van der Waals surface area contributed by atoms with E-state index < -0.39 is 0 Å². The van der Waals surface area contributed by atoms with Crippen LogP contribution in [-0.4, -0.2) is 44.0 Å². The lowest BCUT2D eigenvalue weighted by Crippen LogP contribution is -2.41. The molecule has 3 heterocycles. The SMILES string of the molecule is Cc1cc(C(=O)N2CCCC(Cn3cc(C(C)(C)C)nn3)C2)no1. The molecule has 0 aliphatic carbocycles. The van der Waals surface area contributed by atoms with Gasteiger partial charge in [0.05, 0.1) is 5.69 Å². The molecule has 0 aromatic carbocycles. The number of aryl methyl sites for hydroxylation is 1. The lowest BCUT2D eigenvalue weighted by molar-refractivity contribution is 0.0649. The van der Waals surface area contributed by atoms with Crippen LogP contribution in [0.15, 0.2) is 16.8 Å². The standard InChI is InChI=1S/C17H25N5O2/c1-12-8-14(19-24-12)16(23)21-7-5-6-13(9-21)10-22-11-15(18-20-22)17(2,3)4/h8,11,13H,5-7,9-10H2,1-4H3. The monoisotopic (exact) mass is 331 g/mol. The van der Waals surface area contributed by atoms with Crippen LogP contribution in [0.3, 0.4) is 0 Å². The molecular weight excluding hydrogens is 306 g/mol. The first kappa shape index (κ1) is 16.7. The van der Waals surface area contributed by atoms with Crippen LogP contribution in [0.1, 0.15) is 55.6 Å². The number of nitrogens with zero attached hydrogens (tertiary/aromatic N) is 5. The number of hydrogen-bond acceptors (Lipinski definition) is 5. The van der Waals surface area contributed by atoms with Gasteiger partial charge in [0.15, 0.2) is 5.69 Å². The van der Waals surface area contributed by atoms with Crippen molar-refractivity contribution < 1.29 is 9.32 Å². The van der Waals surface area contributed by atoms with E-state index in [1.807, 2.05) is 15.8 Å². The van der Waals surface area contributed by atoms with Crippen molar-refractivity contribution in [2.24, 2.45) is 5.92 Å². The van der Waals surface area contributed by atoms with Gasteiger partial charge in [0.25, 0.3) is 5.91 Å². The van der Waals surface area contributed by atoms with Gasteiger partial charge in [-0.2, -0.15) is 0 Å². The van der Waals surface area contributed by atoms with Crippen molar-refractivity contribution in [2.45, 2.75) is 52.5 Å². The van der Waals surface area contributed by atoms with Crippen molar-refractivity contribution in [3.63, 3.8) is 0 Å². The normalized spacial score (nSPS) is 18.8. The van der Waals surface area contributed by atoms with Crippen LogP contribution in [0, 0.1) is 12.8 Å². The van der Waals surface area contributed by atoms with Gasteiger partial charge in [-0.25, -0.2) is 0 Å². The molecule has 1 aliphatic rings. The zero-order valence-corrected chi connectivity index (χ0v) is 14.8. The molecule has 3 rings (SSSR count). The van der Waals surface area contributed by atoms with E-state index in [0.717, 1.165) is 38.2 Å². The van der Waals surface area contributed by atoms with Crippen LogP contribution in [0.4, 0.5) is 0 Å². The van der Waals surface area contributed by atoms with E-state index in [0.29, 0.717) is 17.4 Å². The summed E-state index contributed by atoms with van der Waals surface area (Å²) in [6, 6.07) is 1.69. The second-order valence-electron chi connectivity index (χ2n) is 7.66. The van der Waals surface area contributed by atoms with Gasteiger partial charge < -0.3 is 9.42 Å². The van der Waals surface area contributed by atoms with Crippen molar-refractivity contribution in [3.05, 3.63) is 29.4 Å². The van der Waals surface area contributed by atoms with Crippen molar-refractivity contribution in [1.29, 1.82) is 0 Å². The third kappa shape index (κ3) is 3.66. The summed E-state index contributed by atoms with van der Waals surface area (Å²) < 4.78 is 6.92. The molecule has 24 heavy (non-hydrogen) atoms. The van der Waals surface area contributed by atoms with Gasteiger partial charge in [-0.05, 0) is 25.7 Å². The average Bonchev–Trinajstić information content (AvgIpc) is 3.15. The van der Waals surface area contributed by atoms with Gasteiger partial charge in [0, 0.05) is 37.3 Å². The van der Waals surface area contributed by atoms with E-state index in [-0.39, 0.29) is 11.3 Å². The molecule has 0 N–H and O–H groups in total. The highest BCUT2D eigenvalue weighted by Crippen LogP contribution is 2.22. The van der Waals surface area contributed by atoms with Gasteiger partial charge in [0.2, 0.25) is 0 Å². The molecule has 1 amide bonds. The van der Waals surface area contributed by atoms with Crippen LogP contribution in [-0.2, 0) is 12.0 Å². The van der Waals surface area contributed by atoms with Crippen LogP contribution in [0.2, 0.25) is 0 Å². The second kappa shape index (κ2) is 6.37. The number of rotatable bonds is 3. The first-order valence-electron chi connectivity index (χ1n) is 8.46. The number of carbonyl (C=O) groups is 1. The van der Waals surface area contributed by atoms with Crippen LogP contribution in [0.25, 0.3) is 0 Å². The largest absolute Gasteiger partial charge is 0.361 e. The third-order valence-corrected chi connectivity index (χ3v) is 4.41. The van der Waals surface area contributed by atoms with Gasteiger partial charge in [-0.3, -0.25) is 9.48 Å². The molecule has 0 saturated carbocycles. The molecule has 1 atom stereocenters. The summed E-state index contributed by atoms with van der Waals surface area (Å²) in [5, 5.41) is 12.3. The molecule has 2 aromatic rings. The third-order valence-electron chi connectivity index (χ3n) is 4.41. The molecule has 1 fully saturated rings. The summed E-state index contributed by atoms with van der Waals surface area (Å²) in [7, 11) is 0. The minimum absolute atomic E-state index is 0.00235. The van der Waals surface area contributed by atoms with Gasteiger partial charge in [0.1, 0.15) is 5.76 Å². The van der Waals surface area contributed by atoms with Crippen LogP contribution in [0.5, 0.6) is 0 Å². The maximum Gasteiger partial charge on any atom is 0.276 e. The van der Waals surface area contributed by atoms with E-state index in [9.17, 15) is 4.79 Å². The Bertz CT molecular complexity index is 713. The molecule has 1 saturated heterocycles. The highest BCUT2D eigenvalue weighted by atomic mass is 16.5.